The van der Waals surface area contributed by atoms with E-state index in [1.165, 1.54) is 0 Å². The molecule has 0 radical (unpaired) electrons. The zero-order valence-corrected chi connectivity index (χ0v) is 12.0. The quantitative estimate of drug-likeness (QED) is 0.616. The van der Waals surface area contributed by atoms with Gasteiger partial charge in [0.2, 0.25) is 0 Å². The summed E-state index contributed by atoms with van der Waals surface area (Å²) < 4.78 is 5.03. The third-order valence-corrected chi connectivity index (χ3v) is 3.36. The van der Waals surface area contributed by atoms with Gasteiger partial charge in [-0.25, -0.2) is 0 Å². The van der Waals surface area contributed by atoms with Crippen molar-refractivity contribution in [3.05, 3.63) is 0 Å². The van der Waals surface area contributed by atoms with E-state index in [-0.39, 0.29) is 29.9 Å². The number of aliphatic hydroxyl groups excluding tert-OH is 1. The number of nitrogens with one attached hydrogen (secondary N) is 1. The van der Waals surface area contributed by atoms with Crippen molar-refractivity contribution < 1.29 is 14.6 Å². The maximum absolute atomic E-state index is 11.7. The first-order valence-corrected chi connectivity index (χ1v) is 7.21. The van der Waals surface area contributed by atoms with Crippen LogP contribution in [0.2, 0.25) is 0 Å². The van der Waals surface area contributed by atoms with E-state index in [1.54, 1.807) is 11.8 Å². The van der Waals surface area contributed by atoms with Crippen LogP contribution in [0.25, 0.3) is 0 Å². The van der Waals surface area contributed by atoms with Crippen LogP contribution in [-0.4, -0.2) is 47.4 Å². The lowest BCUT2D eigenvalue weighted by Gasteiger charge is -2.20. The summed E-state index contributed by atoms with van der Waals surface area (Å²) in [6.45, 7) is 8.39. The summed E-state index contributed by atoms with van der Waals surface area (Å²) in [4.78, 5) is 11.7. The average Bonchev–Trinajstić information content (AvgIpc) is 2.27. The monoisotopic (exact) mass is 263 g/mol. The zero-order chi connectivity index (χ0) is 13.3. The maximum Gasteiger partial charge on any atom is 0.323 e. The number of carbonyl (C=O) groups excluding carboxylic acids is 1. The Labute approximate surface area is 108 Å². The highest BCUT2D eigenvalue weighted by Crippen LogP contribution is 2.12. The van der Waals surface area contributed by atoms with Gasteiger partial charge in [0.1, 0.15) is 6.04 Å². The van der Waals surface area contributed by atoms with Crippen molar-refractivity contribution in [2.75, 3.05) is 19.0 Å². The molecule has 17 heavy (non-hydrogen) atoms. The summed E-state index contributed by atoms with van der Waals surface area (Å²) in [5.41, 5.74) is 0. The number of ether oxygens (including phenoxy) is 1. The predicted octanol–water partition coefficient (Wildman–Crippen LogP) is 1.42. The molecular formula is C12H25NO3S. The van der Waals surface area contributed by atoms with Gasteiger partial charge in [-0.1, -0.05) is 20.8 Å². The van der Waals surface area contributed by atoms with Gasteiger partial charge >= 0.3 is 5.97 Å². The molecule has 0 aliphatic heterocycles. The Morgan fingerprint density at radius 1 is 1.41 bits per heavy atom. The third-order valence-electron chi connectivity index (χ3n) is 2.17. The molecule has 0 aromatic heterocycles. The van der Waals surface area contributed by atoms with Crippen molar-refractivity contribution in [1.82, 2.24) is 5.32 Å². The molecule has 0 aliphatic rings. The van der Waals surface area contributed by atoms with Crippen molar-refractivity contribution in [3.8, 4) is 0 Å². The molecule has 0 saturated heterocycles. The van der Waals surface area contributed by atoms with Crippen molar-refractivity contribution in [3.63, 3.8) is 0 Å². The van der Waals surface area contributed by atoms with E-state index < -0.39 is 0 Å². The average molecular weight is 263 g/mol. The molecule has 4 nitrogen and oxygen atoms in total. The fourth-order valence-corrected chi connectivity index (χ4v) is 2.23. The van der Waals surface area contributed by atoms with Crippen molar-refractivity contribution in [2.45, 2.75) is 51.4 Å². The SMILES string of the molecule is CCOC(=O)C(CCSC(C)CO)NC(C)C. The van der Waals surface area contributed by atoms with Gasteiger partial charge in [-0.15, -0.1) is 0 Å². The summed E-state index contributed by atoms with van der Waals surface area (Å²) in [5, 5.41) is 12.3. The van der Waals surface area contributed by atoms with Crippen LogP contribution in [0.4, 0.5) is 0 Å². The van der Waals surface area contributed by atoms with Gasteiger partial charge in [-0.05, 0) is 19.1 Å². The highest BCUT2D eigenvalue weighted by Gasteiger charge is 2.20. The summed E-state index contributed by atoms with van der Waals surface area (Å²) in [7, 11) is 0. The highest BCUT2D eigenvalue weighted by atomic mass is 32.2. The minimum Gasteiger partial charge on any atom is -0.465 e. The molecule has 0 heterocycles. The van der Waals surface area contributed by atoms with Crippen LogP contribution in [0.1, 0.15) is 34.1 Å². The molecule has 0 aliphatic carbocycles. The molecule has 102 valence electrons. The molecule has 0 amide bonds. The summed E-state index contributed by atoms with van der Waals surface area (Å²) in [6.07, 6.45) is 0.728. The molecule has 0 spiro atoms. The predicted molar refractivity (Wildman–Crippen MR) is 72.3 cm³/mol. The molecular weight excluding hydrogens is 238 g/mol. The van der Waals surface area contributed by atoms with E-state index in [0.717, 1.165) is 12.2 Å². The molecule has 2 unspecified atom stereocenters. The van der Waals surface area contributed by atoms with E-state index >= 15 is 0 Å². The molecule has 0 fully saturated rings. The van der Waals surface area contributed by atoms with Gasteiger partial charge < -0.3 is 15.2 Å². The molecule has 0 saturated carbocycles. The number of hydrogen-bond donors (Lipinski definition) is 2. The van der Waals surface area contributed by atoms with Gasteiger partial charge in [0, 0.05) is 11.3 Å². The Hall–Kier alpha value is -0.260. The van der Waals surface area contributed by atoms with E-state index in [2.05, 4.69) is 5.32 Å². The Balaban J connectivity index is 4.05. The van der Waals surface area contributed by atoms with Crippen LogP contribution in [0.3, 0.4) is 0 Å². The van der Waals surface area contributed by atoms with Crippen LogP contribution in [0.15, 0.2) is 0 Å². The molecule has 0 bridgehead atoms. The largest absolute Gasteiger partial charge is 0.465 e. The van der Waals surface area contributed by atoms with Crippen LogP contribution in [0.5, 0.6) is 0 Å². The number of carbonyl (C=O) groups is 1. The first-order chi connectivity index (χ1) is 8.01. The van der Waals surface area contributed by atoms with Gasteiger partial charge in [0.25, 0.3) is 0 Å². The normalized spacial score (nSPS) is 14.7. The van der Waals surface area contributed by atoms with Crippen molar-refractivity contribution in [1.29, 1.82) is 0 Å². The van der Waals surface area contributed by atoms with Crippen LogP contribution < -0.4 is 5.32 Å². The fourth-order valence-electron chi connectivity index (χ4n) is 1.35. The number of esters is 1. The van der Waals surface area contributed by atoms with E-state index in [0.29, 0.717) is 6.61 Å². The standard InChI is InChI=1S/C12H25NO3S/c1-5-16-12(15)11(13-9(2)3)6-7-17-10(4)8-14/h9-11,13-14H,5-8H2,1-4H3. The fraction of sp³-hybridized carbons (Fsp3) is 0.917. The molecule has 0 rings (SSSR count). The van der Waals surface area contributed by atoms with Crippen LogP contribution in [-0.2, 0) is 9.53 Å². The molecule has 2 N–H and O–H groups in total. The van der Waals surface area contributed by atoms with Crippen LogP contribution >= 0.6 is 11.8 Å². The second-order valence-corrected chi connectivity index (χ2v) is 5.82. The van der Waals surface area contributed by atoms with E-state index in [9.17, 15) is 4.79 Å². The third kappa shape index (κ3) is 8.46. The van der Waals surface area contributed by atoms with Crippen molar-refractivity contribution >= 4 is 17.7 Å². The molecule has 0 aromatic carbocycles. The topological polar surface area (TPSA) is 58.6 Å². The zero-order valence-electron chi connectivity index (χ0n) is 11.2. The Bertz CT molecular complexity index is 212. The minimum absolute atomic E-state index is 0.173. The highest BCUT2D eigenvalue weighted by molar-refractivity contribution is 7.99. The van der Waals surface area contributed by atoms with Gasteiger partial charge in [0.15, 0.2) is 0 Å². The van der Waals surface area contributed by atoms with E-state index in [1.807, 2.05) is 27.7 Å². The smallest absolute Gasteiger partial charge is 0.323 e. The van der Waals surface area contributed by atoms with Gasteiger partial charge in [-0.3, -0.25) is 4.79 Å². The first-order valence-electron chi connectivity index (χ1n) is 6.16. The number of rotatable bonds is 9. The lowest BCUT2D eigenvalue weighted by Crippen LogP contribution is -2.42. The summed E-state index contributed by atoms with van der Waals surface area (Å²) in [5.74, 6) is 0.656. The second-order valence-electron chi connectivity index (χ2n) is 4.28. The lowest BCUT2D eigenvalue weighted by molar-refractivity contribution is -0.145. The van der Waals surface area contributed by atoms with Crippen LogP contribution in [0, 0.1) is 0 Å². The number of aliphatic hydroxyl groups is 1. The second kappa shape index (κ2) is 9.74. The molecule has 5 heteroatoms. The van der Waals surface area contributed by atoms with E-state index in [4.69, 9.17) is 9.84 Å². The molecule has 0 aromatic rings. The Morgan fingerprint density at radius 2 is 2.06 bits per heavy atom. The van der Waals surface area contributed by atoms with Gasteiger partial charge in [0.05, 0.1) is 13.2 Å². The summed E-state index contributed by atoms with van der Waals surface area (Å²) >= 11 is 1.67. The number of hydrogen-bond acceptors (Lipinski definition) is 5. The minimum atomic E-state index is -0.242. The lowest BCUT2D eigenvalue weighted by atomic mass is 10.2. The molecule has 2 atom stereocenters. The van der Waals surface area contributed by atoms with Crippen molar-refractivity contribution in [2.24, 2.45) is 0 Å². The number of thioether (sulfide) groups is 1. The summed E-state index contributed by atoms with van der Waals surface area (Å²) in [6, 6.07) is 0.0121. The van der Waals surface area contributed by atoms with Gasteiger partial charge in [-0.2, -0.15) is 11.8 Å². The maximum atomic E-state index is 11.7. The first kappa shape index (κ1) is 16.7. The Kier molecular flexibility index (Phi) is 9.59. The Morgan fingerprint density at radius 3 is 2.53 bits per heavy atom.